The number of hydrogen-bond donors (Lipinski definition) is 1. The van der Waals surface area contributed by atoms with Gasteiger partial charge in [-0.05, 0) is 42.3 Å². The predicted octanol–water partition coefficient (Wildman–Crippen LogP) is 4.55. The minimum atomic E-state index is 0.748. The molecule has 0 bridgehead atoms. The Kier molecular flexibility index (Phi) is 4.70. The monoisotopic (exact) mass is 286 g/mol. The van der Waals surface area contributed by atoms with E-state index in [9.17, 15) is 0 Å². The van der Waals surface area contributed by atoms with Crippen molar-refractivity contribution in [2.24, 2.45) is 0 Å². The number of halogens is 1. The van der Waals surface area contributed by atoms with Gasteiger partial charge in [0.05, 0.1) is 0 Å². The number of nitrogens with zero attached hydrogens (tertiary/aromatic N) is 1. The zero-order valence-corrected chi connectivity index (χ0v) is 12.6. The maximum absolute atomic E-state index is 6.17. The van der Waals surface area contributed by atoms with Crippen LogP contribution in [0.2, 0.25) is 5.02 Å². The van der Waals surface area contributed by atoms with Crippen LogP contribution in [-0.2, 0) is 0 Å². The smallest absolute Gasteiger partial charge is 0.0478 e. The van der Waals surface area contributed by atoms with Gasteiger partial charge in [0, 0.05) is 30.0 Å². The third kappa shape index (κ3) is 3.34. The van der Waals surface area contributed by atoms with Crippen molar-refractivity contribution in [1.82, 2.24) is 0 Å². The topological polar surface area (TPSA) is 29.3 Å². The Labute approximate surface area is 125 Å². The van der Waals surface area contributed by atoms with Crippen molar-refractivity contribution in [3.8, 4) is 0 Å². The van der Waals surface area contributed by atoms with E-state index in [-0.39, 0.29) is 0 Å². The first-order chi connectivity index (χ1) is 9.61. The first kappa shape index (κ1) is 14.5. The second-order valence-corrected chi connectivity index (χ2v) is 5.09. The van der Waals surface area contributed by atoms with Crippen molar-refractivity contribution < 1.29 is 0 Å². The lowest BCUT2D eigenvalue weighted by Crippen LogP contribution is -2.16. The van der Waals surface area contributed by atoms with Crippen LogP contribution in [0, 0.1) is 0 Å². The molecular formula is C17H19ClN2. The van der Waals surface area contributed by atoms with Crippen LogP contribution in [0.3, 0.4) is 0 Å². The molecule has 2 N–H and O–H groups in total. The van der Waals surface area contributed by atoms with Crippen LogP contribution in [0.4, 0.5) is 11.4 Å². The number of nitrogen functional groups attached to an aromatic ring is 1. The van der Waals surface area contributed by atoms with E-state index in [4.69, 9.17) is 17.3 Å². The Hall–Kier alpha value is -1.93. The standard InChI is InChI=1S/C17H19ClN2/c1-3-20(2)17-11-10-15(19)12-14(17)9-8-13-6-4-5-7-16(13)18/h4-12H,3,19H2,1-2H3/b9-8+. The molecule has 0 heterocycles. The zero-order chi connectivity index (χ0) is 14.5. The normalized spacial score (nSPS) is 10.9. The summed E-state index contributed by atoms with van der Waals surface area (Å²) < 4.78 is 0. The van der Waals surface area contributed by atoms with Gasteiger partial charge in [0.2, 0.25) is 0 Å². The van der Waals surface area contributed by atoms with Crippen LogP contribution in [0.1, 0.15) is 18.1 Å². The maximum atomic E-state index is 6.17. The van der Waals surface area contributed by atoms with Gasteiger partial charge in [-0.1, -0.05) is 42.0 Å². The molecule has 2 aromatic carbocycles. The Balaban J connectivity index is 2.37. The fourth-order valence-electron chi connectivity index (χ4n) is 2.01. The van der Waals surface area contributed by atoms with Crippen LogP contribution in [0.5, 0.6) is 0 Å². The summed E-state index contributed by atoms with van der Waals surface area (Å²) in [6, 6.07) is 13.7. The van der Waals surface area contributed by atoms with Gasteiger partial charge in [0.15, 0.2) is 0 Å². The molecule has 0 aromatic heterocycles. The summed E-state index contributed by atoms with van der Waals surface area (Å²) in [6.07, 6.45) is 4.07. The summed E-state index contributed by atoms with van der Waals surface area (Å²) in [5.74, 6) is 0. The van der Waals surface area contributed by atoms with Crippen LogP contribution in [0.25, 0.3) is 12.2 Å². The molecule has 0 aliphatic carbocycles. The molecule has 2 rings (SSSR count). The molecule has 0 fully saturated rings. The van der Waals surface area contributed by atoms with Gasteiger partial charge in [-0.15, -0.1) is 0 Å². The predicted molar refractivity (Wildman–Crippen MR) is 90.2 cm³/mol. The van der Waals surface area contributed by atoms with Gasteiger partial charge in [-0.3, -0.25) is 0 Å². The molecule has 3 heteroatoms. The Morgan fingerprint density at radius 2 is 1.80 bits per heavy atom. The lowest BCUT2D eigenvalue weighted by molar-refractivity contribution is 0.967. The zero-order valence-electron chi connectivity index (χ0n) is 11.8. The highest BCUT2D eigenvalue weighted by atomic mass is 35.5. The molecule has 0 unspecified atom stereocenters. The molecule has 2 aromatic rings. The first-order valence-electron chi connectivity index (χ1n) is 6.65. The second kappa shape index (κ2) is 6.49. The molecule has 0 aliphatic rings. The molecule has 0 saturated heterocycles. The van der Waals surface area contributed by atoms with Gasteiger partial charge in [-0.2, -0.15) is 0 Å². The van der Waals surface area contributed by atoms with Crippen molar-refractivity contribution in [3.05, 3.63) is 58.6 Å². The highest BCUT2D eigenvalue weighted by molar-refractivity contribution is 6.32. The molecule has 0 radical (unpaired) electrons. The first-order valence-corrected chi connectivity index (χ1v) is 7.03. The van der Waals surface area contributed by atoms with E-state index < -0.39 is 0 Å². The lowest BCUT2D eigenvalue weighted by atomic mass is 10.1. The Morgan fingerprint density at radius 1 is 1.10 bits per heavy atom. The third-order valence-electron chi connectivity index (χ3n) is 3.28. The summed E-state index contributed by atoms with van der Waals surface area (Å²) in [5.41, 5.74) is 9.90. The average molecular weight is 287 g/mol. The lowest BCUT2D eigenvalue weighted by Gasteiger charge is -2.19. The molecular weight excluding hydrogens is 268 g/mol. The molecule has 0 amide bonds. The Morgan fingerprint density at radius 3 is 2.50 bits per heavy atom. The number of nitrogens with two attached hydrogens (primary N) is 1. The SMILES string of the molecule is CCN(C)c1ccc(N)cc1/C=C/c1ccccc1Cl. The van der Waals surface area contributed by atoms with Crippen LogP contribution >= 0.6 is 11.6 Å². The molecule has 2 nitrogen and oxygen atoms in total. The molecule has 0 aliphatic heterocycles. The summed E-state index contributed by atoms with van der Waals surface area (Å²) in [7, 11) is 2.07. The molecule has 20 heavy (non-hydrogen) atoms. The van der Waals surface area contributed by atoms with E-state index in [0.29, 0.717) is 0 Å². The molecule has 0 spiro atoms. The maximum Gasteiger partial charge on any atom is 0.0478 e. The van der Waals surface area contributed by atoms with Crippen molar-refractivity contribution >= 4 is 35.1 Å². The third-order valence-corrected chi connectivity index (χ3v) is 3.63. The summed E-state index contributed by atoms with van der Waals surface area (Å²) in [4.78, 5) is 2.19. The largest absolute Gasteiger partial charge is 0.399 e. The fourth-order valence-corrected chi connectivity index (χ4v) is 2.21. The fraction of sp³-hybridized carbons (Fsp3) is 0.176. The van der Waals surface area contributed by atoms with E-state index in [1.807, 2.05) is 48.5 Å². The van der Waals surface area contributed by atoms with Crippen LogP contribution in [-0.4, -0.2) is 13.6 Å². The van der Waals surface area contributed by atoms with Gasteiger partial charge in [0.25, 0.3) is 0 Å². The molecule has 0 saturated carbocycles. The van der Waals surface area contributed by atoms with E-state index >= 15 is 0 Å². The summed E-state index contributed by atoms with van der Waals surface area (Å²) in [6.45, 7) is 3.06. The van der Waals surface area contributed by atoms with Crippen molar-refractivity contribution in [2.75, 3.05) is 24.2 Å². The van der Waals surface area contributed by atoms with E-state index in [0.717, 1.165) is 34.1 Å². The van der Waals surface area contributed by atoms with Gasteiger partial charge >= 0.3 is 0 Å². The average Bonchev–Trinajstić information content (AvgIpc) is 2.46. The molecule has 0 atom stereocenters. The quantitative estimate of drug-likeness (QED) is 0.660. The minimum Gasteiger partial charge on any atom is -0.399 e. The van der Waals surface area contributed by atoms with Crippen molar-refractivity contribution in [2.45, 2.75) is 6.92 Å². The summed E-state index contributed by atoms with van der Waals surface area (Å²) in [5, 5.41) is 0.748. The van der Waals surface area contributed by atoms with E-state index in [2.05, 4.69) is 24.9 Å². The number of hydrogen-bond acceptors (Lipinski definition) is 2. The van der Waals surface area contributed by atoms with Gasteiger partial charge in [0.1, 0.15) is 0 Å². The minimum absolute atomic E-state index is 0.748. The van der Waals surface area contributed by atoms with Crippen LogP contribution < -0.4 is 10.6 Å². The van der Waals surface area contributed by atoms with Crippen molar-refractivity contribution in [1.29, 1.82) is 0 Å². The summed E-state index contributed by atoms with van der Waals surface area (Å²) >= 11 is 6.17. The van der Waals surface area contributed by atoms with Crippen molar-refractivity contribution in [3.63, 3.8) is 0 Å². The highest BCUT2D eigenvalue weighted by Gasteiger charge is 2.04. The van der Waals surface area contributed by atoms with E-state index in [1.165, 1.54) is 0 Å². The Bertz CT molecular complexity index is 620. The van der Waals surface area contributed by atoms with Gasteiger partial charge < -0.3 is 10.6 Å². The van der Waals surface area contributed by atoms with E-state index in [1.54, 1.807) is 0 Å². The van der Waals surface area contributed by atoms with Gasteiger partial charge in [-0.25, -0.2) is 0 Å². The number of rotatable bonds is 4. The second-order valence-electron chi connectivity index (χ2n) is 4.69. The highest BCUT2D eigenvalue weighted by Crippen LogP contribution is 2.25. The number of benzene rings is 2. The molecule has 104 valence electrons. The number of anilines is 2. The van der Waals surface area contributed by atoms with Crippen LogP contribution in [0.15, 0.2) is 42.5 Å².